The van der Waals surface area contributed by atoms with Crippen LogP contribution < -0.4 is 5.32 Å². The van der Waals surface area contributed by atoms with Crippen molar-refractivity contribution in [3.8, 4) is 0 Å². The Morgan fingerprint density at radius 1 is 1.07 bits per heavy atom. The molecule has 3 rings (SSSR count). The molecule has 2 aromatic rings. The Bertz CT molecular complexity index is 854. The van der Waals surface area contributed by atoms with Crippen molar-refractivity contribution in [1.29, 1.82) is 0 Å². The van der Waals surface area contributed by atoms with E-state index in [1.165, 1.54) is 11.0 Å². The van der Waals surface area contributed by atoms with Gasteiger partial charge in [0.1, 0.15) is 6.54 Å². The van der Waals surface area contributed by atoms with E-state index in [2.05, 4.69) is 5.32 Å². The van der Waals surface area contributed by atoms with Gasteiger partial charge in [0.05, 0.1) is 0 Å². The molecule has 0 bridgehead atoms. The SMILES string of the molecule is CC(CN(CC(=O)N1CCNCC1)C(=O)c1ccc(F)c(F)c1)c1ccccc1. The number of halogens is 2. The summed E-state index contributed by atoms with van der Waals surface area (Å²) in [5, 5.41) is 3.19. The average molecular weight is 401 g/mol. The molecule has 1 N–H and O–H groups in total. The van der Waals surface area contributed by atoms with Gasteiger partial charge in [0.25, 0.3) is 5.91 Å². The van der Waals surface area contributed by atoms with E-state index in [1.807, 2.05) is 37.3 Å². The van der Waals surface area contributed by atoms with Crippen LogP contribution in [0.25, 0.3) is 0 Å². The molecule has 1 atom stereocenters. The van der Waals surface area contributed by atoms with Crippen molar-refractivity contribution >= 4 is 11.8 Å². The van der Waals surface area contributed by atoms with Crippen LogP contribution >= 0.6 is 0 Å². The first-order chi connectivity index (χ1) is 14.0. The molecule has 29 heavy (non-hydrogen) atoms. The van der Waals surface area contributed by atoms with Gasteiger partial charge in [0.15, 0.2) is 11.6 Å². The number of nitrogens with one attached hydrogen (secondary N) is 1. The van der Waals surface area contributed by atoms with Gasteiger partial charge in [-0.1, -0.05) is 37.3 Å². The van der Waals surface area contributed by atoms with E-state index < -0.39 is 17.5 Å². The van der Waals surface area contributed by atoms with Gasteiger partial charge < -0.3 is 15.1 Å². The second kappa shape index (κ2) is 9.60. The van der Waals surface area contributed by atoms with Gasteiger partial charge >= 0.3 is 0 Å². The summed E-state index contributed by atoms with van der Waals surface area (Å²) < 4.78 is 26.9. The molecular formula is C22H25F2N3O2. The quantitative estimate of drug-likeness (QED) is 0.810. The molecule has 0 radical (unpaired) electrons. The Hall–Kier alpha value is -2.80. The lowest BCUT2D eigenvalue weighted by Crippen LogP contribution is -2.50. The molecule has 1 aliphatic rings. The highest BCUT2D eigenvalue weighted by Gasteiger charge is 2.25. The Morgan fingerprint density at radius 2 is 1.76 bits per heavy atom. The van der Waals surface area contributed by atoms with Gasteiger partial charge in [0, 0.05) is 38.3 Å². The Kier molecular flexibility index (Phi) is 6.93. The molecule has 1 aliphatic heterocycles. The lowest BCUT2D eigenvalue weighted by atomic mass is 10.00. The number of hydrogen-bond acceptors (Lipinski definition) is 3. The highest BCUT2D eigenvalue weighted by molar-refractivity contribution is 5.96. The van der Waals surface area contributed by atoms with E-state index in [0.717, 1.165) is 17.7 Å². The lowest BCUT2D eigenvalue weighted by Gasteiger charge is -2.31. The highest BCUT2D eigenvalue weighted by atomic mass is 19.2. The van der Waals surface area contributed by atoms with Crippen LogP contribution in [0.15, 0.2) is 48.5 Å². The van der Waals surface area contributed by atoms with Gasteiger partial charge in [-0.15, -0.1) is 0 Å². The van der Waals surface area contributed by atoms with E-state index in [1.54, 1.807) is 4.90 Å². The topological polar surface area (TPSA) is 52.7 Å². The summed E-state index contributed by atoms with van der Waals surface area (Å²) in [7, 11) is 0. The van der Waals surface area contributed by atoms with Gasteiger partial charge in [-0.2, -0.15) is 0 Å². The predicted molar refractivity (Wildman–Crippen MR) is 107 cm³/mol. The molecule has 0 aliphatic carbocycles. The number of amides is 2. The van der Waals surface area contributed by atoms with Gasteiger partial charge in [-0.3, -0.25) is 9.59 Å². The van der Waals surface area contributed by atoms with E-state index in [-0.39, 0.29) is 23.9 Å². The minimum absolute atomic E-state index is 0.0253. The fraction of sp³-hybridized carbons (Fsp3) is 0.364. The van der Waals surface area contributed by atoms with Crippen molar-refractivity contribution in [2.24, 2.45) is 0 Å². The summed E-state index contributed by atoms with van der Waals surface area (Å²) in [6, 6.07) is 12.7. The van der Waals surface area contributed by atoms with E-state index in [0.29, 0.717) is 32.7 Å². The van der Waals surface area contributed by atoms with E-state index in [4.69, 9.17) is 0 Å². The number of hydrogen-bond donors (Lipinski definition) is 1. The normalized spacial score (nSPS) is 15.1. The van der Waals surface area contributed by atoms with Crippen LogP contribution in [0.4, 0.5) is 8.78 Å². The molecule has 7 heteroatoms. The molecule has 1 fully saturated rings. The summed E-state index contributed by atoms with van der Waals surface area (Å²) in [6.45, 7) is 4.75. The van der Waals surface area contributed by atoms with Crippen molar-refractivity contribution in [1.82, 2.24) is 15.1 Å². The lowest BCUT2D eigenvalue weighted by molar-refractivity contribution is -0.132. The highest BCUT2D eigenvalue weighted by Crippen LogP contribution is 2.19. The summed E-state index contributed by atoms with van der Waals surface area (Å²) in [6.07, 6.45) is 0. The fourth-order valence-electron chi connectivity index (χ4n) is 3.43. The standard InChI is InChI=1S/C22H25F2N3O2/c1-16(17-5-3-2-4-6-17)14-27(15-21(28)26-11-9-25-10-12-26)22(29)18-7-8-19(23)20(24)13-18/h2-8,13,16,25H,9-12,14-15H2,1H3. The average Bonchev–Trinajstić information content (AvgIpc) is 2.75. The summed E-state index contributed by atoms with van der Waals surface area (Å²) in [5.41, 5.74) is 1.06. The van der Waals surface area contributed by atoms with E-state index in [9.17, 15) is 18.4 Å². The fourth-order valence-corrected chi connectivity index (χ4v) is 3.43. The van der Waals surface area contributed by atoms with Crippen molar-refractivity contribution < 1.29 is 18.4 Å². The number of piperazine rings is 1. The maximum Gasteiger partial charge on any atom is 0.254 e. The maximum absolute atomic E-state index is 13.7. The Morgan fingerprint density at radius 3 is 2.41 bits per heavy atom. The van der Waals surface area contributed by atoms with Crippen LogP contribution in [0.3, 0.4) is 0 Å². The summed E-state index contributed by atoms with van der Waals surface area (Å²) >= 11 is 0. The second-order valence-corrected chi connectivity index (χ2v) is 7.26. The van der Waals surface area contributed by atoms with Crippen molar-refractivity contribution in [3.05, 3.63) is 71.3 Å². The van der Waals surface area contributed by atoms with E-state index >= 15 is 0 Å². The molecule has 0 saturated carbocycles. The third-order valence-corrected chi connectivity index (χ3v) is 5.11. The molecule has 1 heterocycles. The number of benzene rings is 2. The van der Waals surface area contributed by atoms with Crippen LogP contribution in [0.1, 0.15) is 28.8 Å². The van der Waals surface area contributed by atoms with Crippen molar-refractivity contribution in [3.63, 3.8) is 0 Å². The maximum atomic E-state index is 13.7. The first-order valence-electron chi connectivity index (χ1n) is 9.73. The Balaban J connectivity index is 1.80. The minimum atomic E-state index is -1.08. The molecule has 2 amide bonds. The minimum Gasteiger partial charge on any atom is -0.339 e. The molecule has 1 saturated heterocycles. The zero-order valence-electron chi connectivity index (χ0n) is 16.4. The molecule has 1 unspecified atom stereocenters. The Labute approximate surface area is 169 Å². The first kappa shape index (κ1) is 20.9. The van der Waals surface area contributed by atoms with Crippen LogP contribution in [-0.4, -0.2) is 60.9 Å². The molecular weight excluding hydrogens is 376 g/mol. The predicted octanol–water partition coefficient (Wildman–Crippen LogP) is 2.64. The van der Waals surface area contributed by atoms with Crippen molar-refractivity contribution in [2.75, 3.05) is 39.3 Å². The summed E-state index contributed by atoms with van der Waals surface area (Å²) in [4.78, 5) is 28.9. The monoisotopic (exact) mass is 401 g/mol. The van der Waals surface area contributed by atoms with Gasteiger partial charge in [-0.05, 0) is 29.7 Å². The molecule has 154 valence electrons. The first-order valence-corrected chi connectivity index (χ1v) is 9.73. The number of nitrogens with zero attached hydrogens (tertiary/aromatic N) is 2. The molecule has 0 aromatic heterocycles. The van der Waals surface area contributed by atoms with Crippen molar-refractivity contribution in [2.45, 2.75) is 12.8 Å². The third-order valence-electron chi connectivity index (χ3n) is 5.11. The number of carbonyl (C=O) groups is 2. The van der Waals surface area contributed by atoms with Crippen LogP contribution in [0.2, 0.25) is 0 Å². The molecule has 5 nitrogen and oxygen atoms in total. The van der Waals surface area contributed by atoms with Gasteiger partial charge in [0.2, 0.25) is 5.91 Å². The molecule has 2 aromatic carbocycles. The van der Waals surface area contributed by atoms with Crippen LogP contribution in [0, 0.1) is 11.6 Å². The summed E-state index contributed by atoms with van der Waals surface area (Å²) in [5.74, 6) is -2.76. The zero-order chi connectivity index (χ0) is 20.8. The number of rotatable bonds is 6. The third kappa shape index (κ3) is 5.38. The second-order valence-electron chi connectivity index (χ2n) is 7.26. The van der Waals surface area contributed by atoms with Gasteiger partial charge in [-0.25, -0.2) is 8.78 Å². The molecule has 0 spiro atoms. The zero-order valence-corrected chi connectivity index (χ0v) is 16.4. The van der Waals surface area contributed by atoms with Crippen LogP contribution in [0.5, 0.6) is 0 Å². The smallest absolute Gasteiger partial charge is 0.254 e. The number of carbonyl (C=O) groups excluding carboxylic acids is 2. The largest absolute Gasteiger partial charge is 0.339 e. The van der Waals surface area contributed by atoms with Crippen LogP contribution in [-0.2, 0) is 4.79 Å².